The first kappa shape index (κ1) is 25.3. The zero-order valence-electron chi connectivity index (χ0n) is 21.1. The first-order valence-corrected chi connectivity index (χ1v) is 13.5. The van der Waals surface area contributed by atoms with Gasteiger partial charge >= 0.3 is 0 Å². The summed E-state index contributed by atoms with van der Waals surface area (Å²) in [5, 5.41) is 0.595. The molecule has 5 rings (SSSR count). The number of imide groups is 1. The minimum Gasteiger partial charge on any atom is -0.341 e. The normalized spacial score (nSPS) is 18.0. The smallest absolute Gasteiger partial charge is 0.293 e. The molecule has 2 saturated heterocycles. The van der Waals surface area contributed by atoms with Crippen LogP contribution in [-0.4, -0.2) is 44.5 Å². The van der Waals surface area contributed by atoms with Crippen molar-refractivity contribution in [2.24, 2.45) is 5.92 Å². The standard InChI is InChI=1S/C29H30FN3O3S/c1-3-21-5-4-6-24-22(17-32(27(21)24)18-26(34)31-13-11-19(2)12-14-31)15-25-28(35)33(29(36)37-25)16-20-7-9-23(30)10-8-20/h4-10,15,17,19H,3,11-14,16,18H2,1-2H3/b25-15-. The molecule has 8 heteroatoms. The molecule has 0 radical (unpaired) electrons. The van der Waals surface area contributed by atoms with Gasteiger partial charge in [0, 0.05) is 30.2 Å². The van der Waals surface area contributed by atoms with Crippen LogP contribution in [-0.2, 0) is 29.1 Å². The van der Waals surface area contributed by atoms with E-state index in [9.17, 15) is 18.8 Å². The van der Waals surface area contributed by atoms with Gasteiger partial charge in [-0.2, -0.15) is 0 Å². The number of aromatic nitrogens is 1. The van der Waals surface area contributed by atoms with Crippen LogP contribution in [0.15, 0.2) is 53.6 Å². The van der Waals surface area contributed by atoms with E-state index in [0.29, 0.717) is 16.4 Å². The van der Waals surface area contributed by atoms with E-state index < -0.39 is 0 Å². The Hall–Kier alpha value is -3.39. The molecule has 0 atom stereocenters. The van der Waals surface area contributed by atoms with Gasteiger partial charge in [0.2, 0.25) is 5.91 Å². The molecule has 2 fully saturated rings. The van der Waals surface area contributed by atoms with Crippen LogP contribution in [0.2, 0.25) is 0 Å². The van der Waals surface area contributed by atoms with Crippen molar-refractivity contribution in [3.8, 4) is 0 Å². The van der Waals surface area contributed by atoms with Gasteiger partial charge < -0.3 is 9.47 Å². The lowest BCUT2D eigenvalue weighted by Crippen LogP contribution is -2.39. The number of benzene rings is 2. The fourth-order valence-corrected chi connectivity index (χ4v) is 5.87. The van der Waals surface area contributed by atoms with Gasteiger partial charge in [-0.25, -0.2) is 4.39 Å². The number of para-hydroxylation sites is 1. The number of nitrogens with zero attached hydrogens (tertiary/aromatic N) is 3. The van der Waals surface area contributed by atoms with Gasteiger partial charge in [0.1, 0.15) is 12.4 Å². The van der Waals surface area contributed by atoms with Crippen molar-refractivity contribution in [1.29, 1.82) is 0 Å². The van der Waals surface area contributed by atoms with E-state index in [1.165, 1.54) is 17.0 Å². The van der Waals surface area contributed by atoms with Gasteiger partial charge in [-0.3, -0.25) is 19.3 Å². The Morgan fingerprint density at radius 2 is 1.84 bits per heavy atom. The van der Waals surface area contributed by atoms with E-state index in [-0.39, 0.29) is 36.0 Å². The maximum absolute atomic E-state index is 13.3. The van der Waals surface area contributed by atoms with E-state index in [1.807, 2.05) is 27.8 Å². The van der Waals surface area contributed by atoms with Crippen molar-refractivity contribution in [1.82, 2.24) is 14.4 Å². The van der Waals surface area contributed by atoms with Crippen molar-refractivity contribution in [2.75, 3.05) is 13.1 Å². The second-order valence-corrected chi connectivity index (χ2v) is 10.8. The minimum atomic E-state index is -0.370. The maximum Gasteiger partial charge on any atom is 0.293 e. The molecule has 0 spiro atoms. The van der Waals surface area contributed by atoms with Gasteiger partial charge in [-0.1, -0.05) is 44.2 Å². The molecule has 0 unspecified atom stereocenters. The molecule has 1 aromatic heterocycles. The number of carbonyl (C=O) groups is 3. The molecule has 192 valence electrons. The highest BCUT2D eigenvalue weighted by atomic mass is 32.2. The Kier molecular flexibility index (Phi) is 7.20. The Morgan fingerprint density at radius 3 is 2.54 bits per heavy atom. The average molecular weight is 520 g/mol. The number of amides is 3. The summed E-state index contributed by atoms with van der Waals surface area (Å²) < 4.78 is 15.2. The molecular weight excluding hydrogens is 489 g/mol. The number of piperidine rings is 1. The second-order valence-electron chi connectivity index (χ2n) is 9.84. The lowest BCUT2D eigenvalue weighted by Gasteiger charge is -2.30. The van der Waals surface area contributed by atoms with Gasteiger partial charge in [-0.05, 0) is 66.3 Å². The first-order valence-electron chi connectivity index (χ1n) is 12.7. The zero-order chi connectivity index (χ0) is 26.1. The fourth-order valence-electron chi connectivity index (χ4n) is 5.04. The molecule has 0 saturated carbocycles. The fraction of sp³-hybridized carbons (Fsp3) is 0.345. The quantitative estimate of drug-likeness (QED) is 0.384. The molecular formula is C29H30FN3O3S. The monoisotopic (exact) mass is 519 g/mol. The summed E-state index contributed by atoms with van der Waals surface area (Å²) in [5.74, 6) is 0.00775. The molecule has 2 aliphatic heterocycles. The third kappa shape index (κ3) is 5.21. The summed E-state index contributed by atoms with van der Waals surface area (Å²) in [6.07, 6.45) is 6.53. The summed E-state index contributed by atoms with van der Waals surface area (Å²) in [7, 11) is 0. The molecule has 0 aliphatic carbocycles. The lowest BCUT2D eigenvalue weighted by molar-refractivity contribution is -0.133. The topological polar surface area (TPSA) is 62.6 Å². The van der Waals surface area contributed by atoms with Crippen molar-refractivity contribution >= 4 is 45.8 Å². The number of halogens is 1. The van der Waals surface area contributed by atoms with Crippen molar-refractivity contribution in [2.45, 2.75) is 46.2 Å². The SMILES string of the molecule is CCc1cccc2c(/C=C3\SC(=O)N(Cc4ccc(F)cc4)C3=O)cn(CC(=O)N3CCC(C)CC3)c12. The maximum atomic E-state index is 13.3. The number of carbonyl (C=O) groups excluding carboxylic acids is 3. The van der Waals surface area contributed by atoms with Crippen LogP contribution in [0.25, 0.3) is 17.0 Å². The van der Waals surface area contributed by atoms with Crippen molar-refractivity contribution in [3.63, 3.8) is 0 Å². The second kappa shape index (κ2) is 10.5. The Labute approximate surface area is 220 Å². The van der Waals surface area contributed by atoms with E-state index in [4.69, 9.17) is 0 Å². The largest absolute Gasteiger partial charge is 0.341 e. The highest BCUT2D eigenvalue weighted by Gasteiger charge is 2.35. The zero-order valence-corrected chi connectivity index (χ0v) is 21.9. The molecule has 0 N–H and O–H groups in total. The number of likely N-dealkylation sites (tertiary alicyclic amines) is 1. The molecule has 0 bridgehead atoms. The number of rotatable bonds is 6. The lowest BCUT2D eigenvalue weighted by atomic mass is 9.99. The van der Waals surface area contributed by atoms with Crippen molar-refractivity contribution < 1.29 is 18.8 Å². The highest BCUT2D eigenvalue weighted by Crippen LogP contribution is 2.35. The van der Waals surface area contributed by atoms with Gasteiger partial charge in [0.05, 0.1) is 17.0 Å². The number of hydrogen-bond donors (Lipinski definition) is 0. The predicted molar refractivity (Wildman–Crippen MR) is 144 cm³/mol. The van der Waals surface area contributed by atoms with Gasteiger partial charge in [-0.15, -0.1) is 0 Å². The third-order valence-electron chi connectivity index (χ3n) is 7.25. The van der Waals surface area contributed by atoms with Crippen molar-refractivity contribution in [3.05, 3.63) is 76.1 Å². The van der Waals surface area contributed by atoms with Crippen LogP contribution in [0.4, 0.5) is 9.18 Å². The summed E-state index contributed by atoms with van der Waals surface area (Å²) in [6, 6.07) is 11.8. The number of aryl methyl sites for hydroxylation is 1. The van der Waals surface area contributed by atoms with Crippen LogP contribution < -0.4 is 0 Å². The Morgan fingerprint density at radius 1 is 1.11 bits per heavy atom. The van der Waals surface area contributed by atoms with Gasteiger partial charge in [0.15, 0.2) is 0 Å². The number of fused-ring (bicyclic) bond motifs is 1. The summed E-state index contributed by atoms with van der Waals surface area (Å²) in [5.41, 5.74) is 3.60. The van der Waals surface area contributed by atoms with Crippen LogP contribution >= 0.6 is 11.8 Å². The number of thioether (sulfide) groups is 1. The highest BCUT2D eigenvalue weighted by molar-refractivity contribution is 8.18. The average Bonchev–Trinajstić information content (AvgIpc) is 3.37. The van der Waals surface area contributed by atoms with Crippen LogP contribution in [0, 0.1) is 11.7 Å². The molecule has 37 heavy (non-hydrogen) atoms. The van der Waals surface area contributed by atoms with Crippen LogP contribution in [0.3, 0.4) is 0 Å². The van der Waals surface area contributed by atoms with E-state index in [1.54, 1.807) is 18.2 Å². The number of hydrogen-bond acceptors (Lipinski definition) is 4. The van der Waals surface area contributed by atoms with E-state index >= 15 is 0 Å². The molecule has 2 aromatic carbocycles. The predicted octanol–water partition coefficient (Wildman–Crippen LogP) is 5.84. The first-order chi connectivity index (χ1) is 17.8. The van der Waals surface area contributed by atoms with E-state index in [2.05, 4.69) is 19.9 Å². The molecule has 6 nitrogen and oxygen atoms in total. The van der Waals surface area contributed by atoms with E-state index in [0.717, 1.165) is 66.1 Å². The summed E-state index contributed by atoms with van der Waals surface area (Å²) in [4.78, 5) is 42.4. The van der Waals surface area contributed by atoms with Crippen LogP contribution in [0.1, 0.15) is 43.4 Å². The minimum absolute atomic E-state index is 0.0903. The summed E-state index contributed by atoms with van der Waals surface area (Å²) in [6.45, 7) is 6.21. The molecule has 2 aliphatic rings. The van der Waals surface area contributed by atoms with Gasteiger partial charge in [0.25, 0.3) is 11.1 Å². The Bertz CT molecular complexity index is 1390. The molecule has 3 amide bonds. The summed E-state index contributed by atoms with van der Waals surface area (Å²) >= 11 is 0.904. The molecule has 3 aromatic rings. The Balaban J connectivity index is 1.44. The molecule has 3 heterocycles. The van der Waals surface area contributed by atoms with Crippen LogP contribution in [0.5, 0.6) is 0 Å². The third-order valence-corrected chi connectivity index (χ3v) is 8.16.